The molecule has 0 bridgehead atoms. The van der Waals surface area contributed by atoms with Gasteiger partial charge in [0.05, 0.1) is 19.8 Å². The summed E-state index contributed by atoms with van der Waals surface area (Å²) in [6, 6.07) is -4.58. The summed E-state index contributed by atoms with van der Waals surface area (Å²) in [4.78, 5) is 89.9. The maximum Gasteiger partial charge on any atom is 0.243 e. The molecular weight excluding hydrogens is 1420 g/mol. The molecule has 3 heterocycles. The van der Waals surface area contributed by atoms with Crippen molar-refractivity contribution in [1.29, 1.82) is 0 Å². The molecule has 3 fully saturated rings. The molecule has 636 valence electrons. The number of methoxy groups -OCH3 is 1. The summed E-state index contributed by atoms with van der Waals surface area (Å²) in [5.74, 6) is -2.15. The fourth-order valence-corrected chi connectivity index (χ4v) is 13.9. The van der Waals surface area contributed by atoms with E-state index in [1.807, 2.05) is 0 Å². The highest BCUT2D eigenvalue weighted by Gasteiger charge is 2.48. The lowest BCUT2D eigenvalue weighted by atomic mass is 9.97. The summed E-state index contributed by atoms with van der Waals surface area (Å²) in [5, 5.41) is 114. The molecule has 0 radical (unpaired) electrons. The average molecular weight is 1560 g/mol. The van der Waals surface area contributed by atoms with Crippen LogP contribution >= 0.6 is 0 Å². The number of hydrogen-bond donors (Lipinski definition) is 17. The van der Waals surface area contributed by atoms with Gasteiger partial charge >= 0.3 is 0 Å². The maximum absolute atomic E-state index is 14.3. The first-order valence-corrected chi connectivity index (χ1v) is 41.5. The van der Waals surface area contributed by atoms with Crippen LogP contribution in [0.15, 0.2) is 0 Å². The van der Waals surface area contributed by atoms with Gasteiger partial charge in [-0.2, -0.15) is 0 Å². The Bertz CT molecular complexity index is 2400. The molecule has 0 aromatic carbocycles. The van der Waals surface area contributed by atoms with Gasteiger partial charge in [-0.05, 0) is 103 Å². The molecule has 17 atom stereocenters. The van der Waals surface area contributed by atoms with E-state index in [9.17, 15) is 79.5 Å². The van der Waals surface area contributed by atoms with Crippen LogP contribution in [0.5, 0.6) is 0 Å². The normalized spacial score (nSPS) is 24.7. The molecule has 0 aliphatic carbocycles. The Morgan fingerprint density at radius 2 is 0.624 bits per heavy atom. The van der Waals surface area contributed by atoms with Gasteiger partial charge in [-0.15, -0.1) is 0 Å². The number of aliphatic hydroxyl groups is 9. The van der Waals surface area contributed by atoms with Gasteiger partial charge in [0, 0.05) is 80.2 Å². The summed E-state index contributed by atoms with van der Waals surface area (Å²) >= 11 is 0. The molecule has 17 N–H and O–H groups in total. The molecule has 31 heteroatoms. The van der Waals surface area contributed by atoms with Crippen LogP contribution in [-0.4, -0.2) is 271 Å². The Morgan fingerprint density at radius 3 is 0.982 bits per heavy atom. The lowest BCUT2D eigenvalue weighted by Gasteiger charge is -2.42. The quantitative estimate of drug-likeness (QED) is 0.0387. The third-order valence-electron chi connectivity index (χ3n) is 20.4. The average Bonchev–Trinajstić information content (AvgIpc) is 0.822. The Morgan fingerprint density at radius 1 is 0.330 bits per heavy atom. The van der Waals surface area contributed by atoms with Gasteiger partial charge < -0.3 is 122 Å². The monoisotopic (exact) mass is 1560 g/mol. The number of nitrogens with one attached hydrogen (secondary N) is 8. The highest BCUT2D eigenvalue weighted by molar-refractivity contribution is 5.92. The SMILES string of the molecule is COCCCCCCNC(=O)C(CCCCNC(=O)CCCCCCCCCCOC1OC(CO)C(O)C(O)C1NC(C)=O)NC(=O)C(CCCCNCCCCCCCCCCCCOC1OC(CO)C(O)C(O)C1NC(C)=O)NC(=O)CCCCCCCCCCCOC1OC(CO)C(O)C(O)C1NC(C)=O. The van der Waals surface area contributed by atoms with E-state index in [1.165, 1.54) is 20.8 Å². The van der Waals surface area contributed by atoms with E-state index in [0.29, 0.717) is 84.5 Å². The second kappa shape index (κ2) is 62.0. The number of rotatable bonds is 66. The van der Waals surface area contributed by atoms with Crippen molar-refractivity contribution in [2.75, 3.05) is 79.5 Å². The molecule has 0 spiro atoms. The van der Waals surface area contributed by atoms with Crippen LogP contribution in [0.25, 0.3) is 0 Å². The molecule has 3 aliphatic rings. The van der Waals surface area contributed by atoms with Crippen molar-refractivity contribution in [2.24, 2.45) is 0 Å². The zero-order valence-corrected chi connectivity index (χ0v) is 66.4. The number of carbonyl (C=O) groups is 7. The van der Waals surface area contributed by atoms with Crippen molar-refractivity contribution in [3.63, 3.8) is 0 Å². The number of ether oxygens (including phenoxy) is 7. The second-order valence-corrected chi connectivity index (χ2v) is 29.9. The molecule has 3 aliphatic heterocycles. The van der Waals surface area contributed by atoms with Crippen LogP contribution < -0.4 is 42.5 Å². The predicted octanol–water partition coefficient (Wildman–Crippen LogP) is 3.52. The molecule has 0 saturated carbocycles. The van der Waals surface area contributed by atoms with E-state index in [2.05, 4.69) is 42.5 Å². The Labute approximate surface area is 648 Å². The molecule has 17 unspecified atom stereocenters. The van der Waals surface area contributed by atoms with Crippen molar-refractivity contribution < 1.29 is 113 Å². The van der Waals surface area contributed by atoms with Crippen LogP contribution in [-0.2, 0) is 66.7 Å². The predicted molar refractivity (Wildman–Crippen MR) is 409 cm³/mol. The first-order valence-electron chi connectivity index (χ1n) is 41.5. The van der Waals surface area contributed by atoms with Gasteiger partial charge in [-0.3, -0.25) is 33.6 Å². The topological polar surface area (TPSA) is 462 Å². The van der Waals surface area contributed by atoms with Crippen molar-refractivity contribution in [1.82, 2.24) is 42.5 Å². The van der Waals surface area contributed by atoms with Crippen LogP contribution in [0.4, 0.5) is 0 Å². The smallest absolute Gasteiger partial charge is 0.243 e. The Balaban J connectivity index is 1.43. The van der Waals surface area contributed by atoms with Crippen LogP contribution in [0.2, 0.25) is 0 Å². The summed E-state index contributed by atoms with van der Waals surface area (Å²) in [5.41, 5.74) is 0. The summed E-state index contributed by atoms with van der Waals surface area (Å²) in [7, 11) is 1.67. The zero-order valence-electron chi connectivity index (χ0n) is 66.4. The van der Waals surface area contributed by atoms with Gasteiger partial charge in [-0.25, -0.2) is 0 Å². The lowest BCUT2D eigenvalue weighted by Crippen LogP contribution is -2.64. The van der Waals surface area contributed by atoms with Gasteiger partial charge in [-0.1, -0.05) is 148 Å². The summed E-state index contributed by atoms with van der Waals surface area (Å²) in [6.07, 6.45) is 19.4. The number of carbonyl (C=O) groups excluding carboxylic acids is 7. The van der Waals surface area contributed by atoms with E-state index in [1.54, 1.807) is 7.11 Å². The molecule has 31 nitrogen and oxygen atoms in total. The zero-order chi connectivity index (χ0) is 79.8. The van der Waals surface area contributed by atoms with Gasteiger partial charge in [0.2, 0.25) is 41.4 Å². The molecule has 3 saturated heterocycles. The highest BCUT2D eigenvalue weighted by Crippen LogP contribution is 2.27. The van der Waals surface area contributed by atoms with E-state index in [-0.39, 0.29) is 24.1 Å². The fourth-order valence-electron chi connectivity index (χ4n) is 13.9. The third kappa shape index (κ3) is 43.6. The Hall–Kier alpha value is -4.39. The molecule has 0 aromatic heterocycles. The lowest BCUT2D eigenvalue weighted by molar-refractivity contribution is -0.270. The number of hydrogen-bond acceptors (Lipinski definition) is 24. The second-order valence-electron chi connectivity index (χ2n) is 29.9. The minimum absolute atomic E-state index is 0.0339. The molecule has 7 amide bonds. The van der Waals surface area contributed by atoms with Gasteiger partial charge in [0.1, 0.15) is 85.1 Å². The highest BCUT2D eigenvalue weighted by atomic mass is 16.7. The van der Waals surface area contributed by atoms with Crippen LogP contribution in [0.3, 0.4) is 0 Å². The van der Waals surface area contributed by atoms with Crippen LogP contribution in [0.1, 0.15) is 271 Å². The standard InChI is InChI=1S/C78H146N8O23/c1-55(90)82-65-71(98)68(95)60(52-87)107-76(65)104-49-37-24-17-11-6-5-10-16-22-32-44-79-45-34-30-41-59(85-64(94)43-29-21-15-8-7-12-18-25-38-50-105-77-66(83-56(2)91)72(99)69(96)61(53-88)108-77)75(102)86-58(74(101)81-47-33-23-27-36-48-103-4)40-31-35-46-80-63(93)42-28-20-14-9-13-19-26-39-51-106-78-67(84-57(3)92)73(100)70(97)62(54-89)109-78/h58-62,65-73,76-79,87-89,95-100H,5-54H2,1-4H3,(H,80,93)(H,81,101)(H,82,90)(H,83,91)(H,84,92)(H,85,94)(H,86,102). The number of amides is 7. The van der Waals surface area contributed by atoms with E-state index < -0.39 is 147 Å². The Kier molecular flexibility index (Phi) is 56.2. The minimum atomic E-state index is -1.37. The number of aliphatic hydroxyl groups excluding tert-OH is 9. The molecule has 3 rings (SSSR count). The maximum atomic E-state index is 14.3. The van der Waals surface area contributed by atoms with Gasteiger partial charge in [0.25, 0.3) is 0 Å². The van der Waals surface area contributed by atoms with E-state index >= 15 is 0 Å². The molecule has 0 aromatic rings. The van der Waals surface area contributed by atoms with Crippen molar-refractivity contribution in [3.8, 4) is 0 Å². The van der Waals surface area contributed by atoms with Gasteiger partial charge in [0.15, 0.2) is 18.9 Å². The first kappa shape index (κ1) is 98.8. The fraction of sp³-hybridized carbons (Fsp3) is 0.910. The van der Waals surface area contributed by atoms with E-state index in [4.69, 9.17) is 33.2 Å². The van der Waals surface area contributed by atoms with Crippen LogP contribution in [0, 0.1) is 0 Å². The summed E-state index contributed by atoms with van der Waals surface area (Å²) in [6.45, 7) is 6.56. The van der Waals surface area contributed by atoms with Crippen molar-refractivity contribution in [3.05, 3.63) is 0 Å². The number of unbranched alkanes of at least 4 members (excludes halogenated alkanes) is 29. The van der Waals surface area contributed by atoms with Crippen molar-refractivity contribution >= 4 is 41.4 Å². The van der Waals surface area contributed by atoms with E-state index in [0.717, 1.165) is 212 Å². The molecule has 109 heavy (non-hydrogen) atoms. The first-order chi connectivity index (χ1) is 52.7. The summed E-state index contributed by atoms with van der Waals surface area (Å²) < 4.78 is 39.6. The minimum Gasteiger partial charge on any atom is -0.394 e. The largest absolute Gasteiger partial charge is 0.394 e. The third-order valence-corrected chi connectivity index (χ3v) is 20.4. The molecular formula is C78H146N8O23. The van der Waals surface area contributed by atoms with Crippen molar-refractivity contribution in [2.45, 2.75) is 375 Å².